The average molecular weight is 243 g/mol. The molecular formula is C14H29NS. The predicted octanol–water partition coefficient (Wildman–Crippen LogP) is 4.22. The molecular weight excluding hydrogens is 214 g/mol. The number of thioether (sulfide) groups is 1. The molecule has 96 valence electrons. The van der Waals surface area contributed by atoms with Crippen molar-refractivity contribution in [3.63, 3.8) is 0 Å². The van der Waals surface area contributed by atoms with Gasteiger partial charge in [0.25, 0.3) is 0 Å². The standard InChI is InChI=1S/C14H29NS/c1-3-5-6-7-9-13(15-11-4-2)14-10-8-12-16-14/h13-15H,3-12H2,1-2H3. The van der Waals surface area contributed by atoms with Gasteiger partial charge in [0.05, 0.1) is 0 Å². The molecule has 0 aromatic heterocycles. The second-order valence-electron chi connectivity index (χ2n) is 4.96. The smallest absolute Gasteiger partial charge is 0.0201 e. The number of rotatable bonds is 9. The molecule has 0 amide bonds. The monoisotopic (exact) mass is 243 g/mol. The minimum Gasteiger partial charge on any atom is -0.313 e. The van der Waals surface area contributed by atoms with Gasteiger partial charge < -0.3 is 5.32 Å². The van der Waals surface area contributed by atoms with Crippen molar-refractivity contribution in [2.75, 3.05) is 12.3 Å². The molecule has 0 aromatic carbocycles. The average Bonchev–Trinajstić information content (AvgIpc) is 2.82. The van der Waals surface area contributed by atoms with E-state index >= 15 is 0 Å². The summed E-state index contributed by atoms with van der Waals surface area (Å²) in [5.41, 5.74) is 0. The maximum Gasteiger partial charge on any atom is 0.0201 e. The SMILES string of the molecule is CCCCCCC(NCCC)C1CCCS1. The molecule has 2 unspecified atom stereocenters. The van der Waals surface area contributed by atoms with Crippen LogP contribution in [0, 0.1) is 0 Å². The summed E-state index contributed by atoms with van der Waals surface area (Å²) in [5.74, 6) is 1.39. The minimum absolute atomic E-state index is 0.796. The summed E-state index contributed by atoms with van der Waals surface area (Å²) in [7, 11) is 0. The fourth-order valence-electron chi connectivity index (χ4n) is 2.46. The zero-order chi connectivity index (χ0) is 11.6. The van der Waals surface area contributed by atoms with E-state index in [-0.39, 0.29) is 0 Å². The molecule has 1 aliphatic heterocycles. The van der Waals surface area contributed by atoms with Crippen molar-refractivity contribution < 1.29 is 0 Å². The van der Waals surface area contributed by atoms with Gasteiger partial charge in [0.15, 0.2) is 0 Å². The molecule has 1 saturated heterocycles. The molecule has 0 aliphatic carbocycles. The number of nitrogens with one attached hydrogen (secondary N) is 1. The third-order valence-electron chi connectivity index (χ3n) is 3.44. The van der Waals surface area contributed by atoms with Crippen LogP contribution in [-0.4, -0.2) is 23.6 Å². The lowest BCUT2D eigenvalue weighted by atomic mass is 10.0. The van der Waals surface area contributed by atoms with Crippen molar-refractivity contribution in [1.82, 2.24) is 5.32 Å². The second-order valence-corrected chi connectivity index (χ2v) is 6.31. The zero-order valence-electron chi connectivity index (χ0n) is 11.1. The fraction of sp³-hybridized carbons (Fsp3) is 1.00. The highest BCUT2D eigenvalue weighted by molar-refractivity contribution is 8.00. The van der Waals surface area contributed by atoms with Crippen LogP contribution in [0.5, 0.6) is 0 Å². The Morgan fingerprint density at radius 2 is 2.06 bits per heavy atom. The highest BCUT2D eigenvalue weighted by atomic mass is 32.2. The summed E-state index contributed by atoms with van der Waals surface area (Å²) < 4.78 is 0. The van der Waals surface area contributed by atoms with Crippen molar-refractivity contribution in [3.05, 3.63) is 0 Å². The van der Waals surface area contributed by atoms with Crippen LogP contribution in [0.15, 0.2) is 0 Å². The molecule has 2 atom stereocenters. The zero-order valence-corrected chi connectivity index (χ0v) is 12.0. The van der Waals surface area contributed by atoms with Gasteiger partial charge in [-0.15, -0.1) is 0 Å². The molecule has 1 rings (SSSR count). The van der Waals surface area contributed by atoms with E-state index < -0.39 is 0 Å². The van der Waals surface area contributed by atoms with Crippen molar-refractivity contribution >= 4 is 11.8 Å². The Labute approximate surface area is 106 Å². The molecule has 16 heavy (non-hydrogen) atoms. The van der Waals surface area contributed by atoms with E-state index in [4.69, 9.17) is 0 Å². The Bertz CT molecular complexity index is 155. The summed E-state index contributed by atoms with van der Waals surface area (Å²) in [6.07, 6.45) is 11.2. The van der Waals surface area contributed by atoms with Crippen LogP contribution in [0.25, 0.3) is 0 Å². The third kappa shape index (κ3) is 5.58. The molecule has 0 saturated carbocycles. The quantitative estimate of drug-likeness (QED) is 0.609. The molecule has 1 fully saturated rings. The van der Waals surface area contributed by atoms with Gasteiger partial charge in [0.2, 0.25) is 0 Å². The first-order chi connectivity index (χ1) is 7.88. The van der Waals surface area contributed by atoms with Crippen LogP contribution >= 0.6 is 11.8 Å². The topological polar surface area (TPSA) is 12.0 Å². The summed E-state index contributed by atoms with van der Waals surface area (Å²) in [5, 5.41) is 4.68. The first kappa shape index (κ1) is 14.4. The lowest BCUT2D eigenvalue weighted by Crippen LogP contribution is -2.37. The summed E-state index contributed by atoms with van der Waals surface area (Å²) in [6.45, 7) is 5.76. The van der Waals surface area contributed by atoms with E-state index in [1.807, 2.05) is 0 Å². The summed E-state index contributed by atoms with van der Waals surface area (Å²) >= 11 is 2.20. The lowest BCUT2D eigenvalue weighted by molar-refractivity contribution is 0.437. The second kappa shape index (κ2) is 9.35. The summed E-state index contributed by atoms with van der Waals surface area (Å²) in [6, 6.07) is 0.796. The van der Waals surface area contributed by atoms with Crippen LogP contribution in [0.4, 0.5) is 0 Å². The van der Waals surface area contributed by atoms with Gasteiger partial charge in [-0.2, -0.15) is 11.8 Å². The number of hydrogen-bond donors (Lipinski definition) is 1. The van der Waals surface area contributed by atoms with Gasteiger partial charge in [-0.3, -0.25) is 0 Å². The Balaban J connectivity index is 2.19. The van der Waals surface area contributed by atoms with Gasteiger partial charge >= 0.3 is 0 Å². The molecule has 1 nitrogen and oxygen atoms in total. The molecule has 1 heterocycles. The number of hydrogen-bond acceptors (Lipinski definition) is 2. The fourth-order valence-corrected chi connectivity index (χ4v) is 3.89. The van der Waals surface area contributed by atoms with E-state index in [0.717, 1.165) is 11.3 Å². The molecule has 1 N–H and O–H groups in total. The van der Waals surface area contributed by atoms with E-state index in [1.54, 1.807) is 0 Å². The van der Waals surface area contributed by atoms with Crippen LogP contribution in [-0.2, 0) is 0 Å². The largest absolute Gasteiger partial charge is 0.313 e. The van der Waals surface area contributed by atoms with Gasteiger partial charge in [-0.05, 0) is 38.0 Å². The normalized spacial score (nSPS) is 22.5. The summed E-state index contributed by atoms with van der Waals surface area (Å²) in [4.78, 5) is 0. The first-order valence-electron chi connectivity index (χ1n) is 7.23. The van der Waals surface area contributed by atoms with Gasteiger partial charge in [-0.1, -0.05) is 39.5 Å². The molecule has 0 bridgehead atoms. The van der Waals surface area contributed by atoms with E-state index in [1.165, 1.54) is 63.7 Å². The van der Waals surface area contributed by atoms with Crippen molar-refractivity contribution in [2.45, 2.75) is 76.5 Å². The molecule has 0 radical (unpaired) electrons. The molecule has 0 spiro atoms. The Morgan fingerprint density at radius 1 is 1.19 bits per heavy atom. The van der Waals surface area contributed by atoms with Crippen LogP contribution < -0.4 is 5.32 Å². The maximum atomic E-state index is 3.77. The van der Waals surface area contributed by atoms with Crippen molar-refractivity contribution in [2.24, 2.45) is 0 Å². The highest BCUT2D eigenvalue weighted by Crippen LogP contribution is 2.30. The lowest BCUT2D eigenvalue weighted by Gasteiger charge is -2.24. The highest BCUT2D eigenvalue weighted by Gasteiger charge is 2.24. The molecule has 2 heteroatoms. The van der Waals surface area contributed by atoms with Gasteiger partial charge in [0.1, 0.15) is 0 Å². The minimum atomic E-state index is 0.796. The van der Waals surface area contributed by atoms with Crippen molar-refractivity contribution in [1.29, 1.82) is 0 Å². The van der Waals surface area contributed by atoms with Crippen LogP contribution in [0.3, 0.4) is 0 Å². The van der Waals surface area contributed by atoms with Crippen LogP contribution in [0.2, 0.25) is 0 Å². The number of unbranched alkanes of at least 4 members (excludes halogenated alkanes) is 3. The van der Waals surface area contributed by atoms with Crippen molar-refractivity contribution in [3.8, 4) is 0 Å². The maximum absolute atomic E-state index is 3.77. The van der Waals surface area contributed by atoms with E-state index in [0.29, 0.717) is 0 Å². The first-order valence-corrected chi connectivity index (χ1v) is 8.28. The molecule has 1 aliphatic rings. The Hall–Kier alpha value is 0.310. The van der Waals surface area contributed by atoms with Gasteiger partial charge in [0, 0.05) is 11.3 Å². The van der Waals surface area contributed by atoms with E-state index in [2.05, 4.69) is 30.9 Å². The Morgan fingerprint density at radius 3 is 2.69 bits per heavy atom. The van der Waals surface area contributed by atoms with Crippen LogP contribution in [0.1, 0.15) is 65.2 Å². The predicted molar refractivity (Wildman–Crippen MR) is 76.3 cm³/mol. The molecule has 0 aromatic rings. The third-order valence-corrected chi connectivity index (χ3v) is 4.96. The van der Waals surface area contributed by atoms with E-state index in [9.17, 15) is 0 Å². The Kier molecular flexibility index (Phi) is 8.40. The van der Waals surface area contributed by atoms with Gasteiger partial charge in [-0.25, -0.2) is 0 Å².